The Kier molecular flexibility index (Phi) is 26.4. The zero-order valence-electron chi connectivity index (χ0n) is 54.8. The van der Waals surface area contributed by atoms with Crippen LogP contribution in [-0.2, 0) is 17.3 Å². The summed E-state index contributed by atoms with van der Waals surface area (Å²) in [7, 11) is 0. The van der Waals surface area contributed by atoms with Crippen LogP contribution >= 0.6 is 0 Å². The topological polar surface area (TPSA) is 26.0 Å². The van der Waals surface area contributed by atoms with Crippen LogP contribution in [0.3, 0.4) is 0 Å². The normalized spacial score (nSPS) is 16.4. The molecule has 1 nitrogen and oxygen atoms in total. The highest BCUT2D eigenvalue weighted by Gasteiger charge is 2.43. The first-order valence-corrected chi connectivity index (χ1v) is 32.8. The van der Waals surface area contributed by atoms with Crippen molar-refractivity contribution >= 4 is 11.1 Å². The predicted octanol–water partition coefficient (Wildman–Crippen LogP) is 24.5. The van der Waals surface area contributed by atoms with Crippen LogP contribution in [0.2, 0.25) is 0 Å². The first-order chi connectivity index (χ1) is 38.7. The van der Waals surface area contributed by atoms with E-state index < -0.39 is 0 Å². The Morgan fingerprint density at radius 2 is 1.19 bits per heavy atom. The number of nitrogens with two attached hydrogens (primary N) is 1. The van der Waals surface area contributed by atoms with E-state index >= 15 is 0 Å². The largest absolute Gasteiger partial charge is 0.401 e. The zero-order chi connectivity index (χ0) is 59.3. The van der Waals surface area contributed by atoms with Crippen LogP contribution < -0.4 is 5.73 Å². The van der Waals surface area contributed by atoms with E-state index in [0.29, 0.717) is 5.92 Å². The first-order valence-electron chi connectivity index (χ1n) is 32.8. The van der Waals surface area contributed by atoms with E-state index in [-0.39, 0.29) is 22.2 Å². The van der Waals surface area contributed by atoms with E-state index in [1.807, 2.05) is 24.3 Å². The maximum Gasteiger partial charge on any atom is 0.0235 e. The molecule has 4 aromatic rings. The molecule has 0 spiro atoms. The van der Waals surface area contributed by atoms with Crippen molar-refractivity contribution in [2.24, 2.45) is 23.0 Å². The van der Waals surface area contributed by atoms with E-state index in [0.717, 1.165) is 50.6 Å². The zero-order valence-corrected chi connectivity index (χ0v) is 54.8. The highest BCUT2D eigenvalue weighted by Crippen LogP contribution is 2.56. The van der Waals surface area contributed by atoms with Gasteiger partial charge in [0.25, 0.3) is 0 Å². The van der Waals surface area contributed by atoms with Gasteiger partial charge in [-0.15, -0.1) is 0 Å². The molecule has 0 aliphatic heterocycles. The molecular formula is C80H115N. The van der Waals surface area contributed by atoms with Gasteiger partial charge < -0.3 is 5.73 Å². The molecule has 0 saturated carbocycles. The van der Waals surface area contributed by atoms with Crippen LogP contribution in [0, 0.1) is 17.3 Å². The molecule has 2 unspecified atom stereocenters. The Balaban J connectivity index is 0.000000686. The summed E-state index contributed by atoms with van der Waals surface area (Å²) in [6.07, 6.45) is 33.5. The van der Waals surface area contributed by atoms with Crippen molar-refractivity contribution in [3.8, 4) is 11.1 Å². The lowest BCUT2D eigenvalue weighted by Gasteiger charge is -2.34. The summed E-state index contributed by atoms with van der Waals surface area (Å²) in [6, 6.07) is 36.0. The molecule has 4 aromatic carbocycles. The van der Waals surface area contributed by atoms with Gasteiger partial charge in [0.05, 0.1) is 0 Å². The van der Waals surface area contributed by atoms with E-state index in [2.05, 4.69) is 208 Å². The molecule has 2 aliphatic carbocycles. The third-order valence-electron chi connectivity index (χ3n) is 18.8. The molecule has 2 aliphatic rings. The van der Waals surface area contributed by atoms with Crippen molar-refractivity contribution in [3.05, 3.63) is 200 Å². The molecule has 0 bridgehead atoms. The maximum atomic E-state index is 7.38. The fraction of sp³-hybridized carbons (Fsp3) is 0.525. The molecule has 0 amide bonds. The summed E-state index contributed by atoms with van der Waals surface area (Å²) >= 11 is 0. The summed E-state index contributed by atoms with van der Waals surface area (Å²) in [5, 5.41) is 0. The molecule has 0 saturated heterocycles. The molecule has 2 N–H and O–H groups in total. The van der Waals surface area contributed by atoms with Gasteiger partial charge in [0, 0.05) is 17.0 Å². The molecule has 1 heteroatoms. The lowest BCUT2D eigenvalue weighted by atomic mass is 9.69. The quantitative estimate of drug-likeness (QED) is 0.0445. The molecule has 0 heterocycles. The van der Waals surface area contributed by atoms with Crippen LogP contribution in [0.5, 0.6) is 0 Å². The molecule has 2 atom stereocenters. The Bertz CT molecular complexity index is 2800. The standard InChI is InChI=1S/C65H101N.C15H14/c1-17-23-25-27-29-31-40-65(41-32-30-28-26-24-18-2)60-44-52(34-36-57(60)58-37-35-54(45-61(58)65)64(14,15)16)47(8)50(21-5)42-53(33-19-3)56-39-38-55(48(9)62(56)66)59(46(7)20-4)43-51(22-6)49(10)63(11,12)13;1-13(15-10-6-3-7-11-15)12-14-8-4-2-5-9-14/h34-38,42-46,56H,17-33,39-41,66H2,1-16H3;2-11H,1,12H2/b50-47+,51-49+,53-42+,59-43+;. The second kappa shape index (κ2) is 32.1. The molecule has 81 heavy (non-hydrogen) atoms. The molecular weight excluding hydrogens is 975 g/mol. The number of unbranched alkanes of at least 4 members (excludes halogenated alkanes) is 10. The van der Waals surface area contributed by atoms with Gasteiger partial charge in [-0.25, -0.2) is 0 Å². The average molecular weight is 1090 g/mol. The predicted molar refractivity (Wildman–Crippen MR) is 362 cm³/mol. The summed E-state index contributed by atoms with van der Waals surface area (Å²) in [6.45, 7) is 41.8. The van der Waals surface area contributed by atoms with Crippen molar-refractivity contribution in [2.45, 2.75) is 256 Å². The van der Waals surface area contributed by atoms with E-state index in [1.54, 1.807) is 11.1 Å². The third-order valence-corrected chi connectivity index (χ3v) is 18.8. The van der Waals surface area contributed by atoms with Gasteiger partial charge in [-0.3, -0.25) is 0 Å². The smallest absolute Gasteiger partial charge is 0.0235 e. The van der Waals surface area contributed by atoms with Gasteiger partial charge >= 0.3 is 0 Å². The van der Waals surface area contributed by atoms with Crippen LogP contribution in [0.1, 0.15) is 273 Å². The highest BCUT2D eigenvalue weighted by molar-refractivity contribution is 5.84. The second-order valence-electron chi connectivity index (χ2n) is 26.6. The number of hydrogen-bond acceptors (Lipinski definition) is 1. The number of rotatable bonds is 28. The number of fused-ring (bicyclic) bond motifs is 3. The fourth-order valence-electron chi connectivity index (χ4n) is 12.9. The summed E-state index contributed by atoms with van der Waals surface area (Å²) < 4.78 is 0. The van der Waals surface area contributed by atoms with Gasteiger partial charge in [-0.1, -0.05) is 300 Å². The first kappa shape index (κ1) is 66.7. The second-order valence-corrected chi connectivity index (χ2v) is 26.6. The monoisotopic (exact) mass is 1090 g/mol. The van der Waals surface area contributed by atoms with E-state index in [9.17, 15) is 0 Å². The van der Waals surface area contributed by atoms with E-state index in [4.69, 9.17) is 5.73 Å². The van der Waals surface area contributed by atoms with Crippen molar-refractivity contribution in [1.29, 1.82) is 0 Å². The van der Waals surface area contributed by atoms with Gasteiger partial charge in [-0.2, -0.15) is 0 Å². The number of hydrogen-bond donors (Lipinski definition) is 1. The Morgan fingerprint density at radius 3 is 1.72 bits per heavy atom. The van der Waals surface area contributed by atoms with Crippen LogP contribution in [-0.4, -0.2) is 0 Å². The molecule has 0 radical (unpaired) electrons. The van der Waals surface area contributed by atoms with Crippen molar-refractivity contribution in [3.63, 3.8) is 0 Å². The molecule has 0 aromatic heterocycles. The lowest BCUT2D eigenvalue weighted by molar-refractivity contribution is 0.397. The fourth-order valence-corrected chi connectivity index (χ4v) is 12.9. The number of benzene rings is 4. The minimum absolute atomic E-state index is 0.0535. The van der Waals surface area contributed by atoms with Crippen molar-refractivity contribution in [2.75, 3.05) is 0 Å². The van der Waals surface area contributed by atoms with Crippen LogP contribution in [0.15, 0.2) is 167 Å². The summed E-state index contributed by atoms with van der Waals surface area (Å²) in [4.78, 5) is 0. The van der Waals surface area contributed by atoms with E-state index in [1.165, 1.54) is 173 Å². The van der Waals surface area contributed by atoms with Crippen molar-refractivity contribution in [1.82, 2.24) is 0 Å². The summed E-state index contributed by atoms with van der Waals surface area (Å²) in [5.41, 5.74) is 33.0. The Morgan fingerprint density at radius 1 is 0.642 bits per heavy atom. The minimum Gasteiger partial charge on any atom is -0.401 e. The maximum absolute atomic E-state index is 7.38. The Hall–Kier alpha value is -5.14. The Labute approximate surface area is 499 Å². The average Bonchev–Trinajstić information content (AvgIpc) is 3.84. The molecule has 6 rings (SSSR count). The lowest BCUT2D eigenvalue weighted by Crippen LogP contribution is -2.26. The SMILES string of the molecule is C=C(Cc1ccccc1)c1ccccc1.CCCCCCCCC1(CCCCCCCC)c2cc(/C(C)=C(/C=C(\CCC)C3CC=C(/C(=C/C(CC)=C(\C)C(C)(C)C)C(C)CC)C(C)=C3N)CC)ccc2-c2ccc(C(C)(C)C)cc21. The van der Waals surface area contributed by atoms with Gasteiger partial charge in [0.1, 0.15) is 0 Å². The van der Waals surface area contributed by atoms with Gasteiger partial charge in [-0.05, 0) is 178 Å². The third kappa shape index (κ3) is 17.9. The minimum atomic E-state index is 0.0535. The number of allylic oxidation sites excluding steroid dienone is 12. The van der Waals surface area contributed by atoms with Gasteiger partial charge in [0.15, 0.2) is 0 Å². The van der Waals surface area contributed by atoms with Crippen molar-refractivity contribution < 1.29 is 0 Å². The van der Waals surface area contributed by atoms with Crippen LogP contribution in [0.25, 0.3) is 22.3 Å². The highest BCUT2D eigenvalue weighted by atomic mass is 14.6. The van der Waals surface area contributed by atoms with Crippen LogP contribution in [0.4, 0.5) is 0 Å². The summed E-state index contributed by atoms with van der Waals surface area (Å²) in [5.74, 6) is 0.691. The molecule has 440 valence electrons. The van der Waals surface area contributed by atoms with Gasteiger partial charge in [0.2, 0.25) is 0 Å². The molecule has 0 fully saturated rings.